The van der Waals surface area contributed by atoms with Crippen LogP contribution in [0.15, 0.2) is 4.99 Å². The van der Waals surface area contributed by atoms with Crippen LogP contribution in [0.5, 0.6) is 0 Å². The molecule has 0 spiro atoms. The average molecular weight is 493 g/mol. The number of nitrogens with zero attached hydrogens (tertiary/aromatic N) is 2. The van der Waals surface area contributed by atoms with Crippen molar-refractivity contribution in [1.29, 1.82) is 0 Å². The minimum absolute atomic E-state index is 0. The third-order valence-electron chi connectivity index (χ3n) is 5.42. The van der Waals surface area contributed by atoms with E-state index in [0.717, 1.165) is 32.4 Å². The van der Waals surface area contributed by atoms with Gasteiger partial charge in [0.2, 0.25) is 11.8 Å². The van der Waals surface area contributed by atoms with Crippen LogP contribution in [-0.2, 0) is 9.59 Å². The van der Waals surface area contributed by atoms with Crippen molar-refractivity contribution < 1.29 is 9.59 Å². The molecule has 3 N–H and O–H groups in total. The molecule has 2 rings (SSSR count). The van der Waals surface area contributed by atoms with Crippen molar-refractivity contribution in [1.82, 2.24) is 20.9 Å². The Balaban J connectivity index is 0.00000364. The normalized spacial score (nSPS) is 21.0. The van der Waals surface area contributed by atoms with Crippen molar-refractivity contribution in [3.05, 3.63) is 0 Å². The highest BCUT2D eigenvalue weighted by molar-refractivity contribution is 14.0. The van der Waals surface area contributed by atoms with E-state index >= 15 is 0 Å². The molecule has 0 aromatic rings. The van der Waals surface area contributed by atoms with Gasteiger partial charge in [-0.3, -0.25) is 14.6 Å². The Bertz CT molecular complexity index is 532. The highest BCUT2D eigenvalue weighted by Crippen LogP contribution is 2.27. The predicted octanol–water partition coefficient (Wildman–Crippen LogP) is 1.72. The van der Waals surface area contributed by atoms with E-state index in [0.29, 0.717) is 25.0 Å². The lowest BCUT2D eigenvalue weighted by Gasteiger charge is -2.26. The molecule has 0 radical (unpaired) electrons. The third-order valence-corrected chi connectivity index (χ3v) is 5.42. The summed E-state index contributed by atoms with van der Waals surface area (Å²) < 4.78 is 0. The summed E-state index contributed by atoms with van der Waals surface area (Å²) in [5.41, 5.74) is -0.520. The van der Waals surface area contributed by atoms with Crippen LogP contribution < -0.4 is 16.0 Å². The van der Waals surface area contributed by atoms with Crippen LogP contribution in [0, 0.1) is 11.3 Å². The summed E-state index contributed by atoms with van der Waals surface area (Å²) in [7, 11) is 1.73. The zero-order valence-electron chi connectivity index (χ0n) is 17.1. The fourth-order valence-corrected chi connectivity index (χ4v) is 3.68. The van der Waals surface area contributed by atoms with E-state index in [-0.39, 0.29) is 41.8 Å². The SMILES string of the molecule is CCNC(=O)C(C)(C)CNC(=NC)NC1CCN(C(=O)C2CCCC2)C1.I. The lowest BCUT2D eigenvalue weighted by Crippen LogP contribution is -2.50. The molecular weight excluding hydrogens is 457 g/mol. The van der Waals surface area contributed by atoms with Gasteiger partial charge in [-0.15, -0.1) is 24.0 Å². The average Bonchev–Trinajstić information content (AvgIpc) is 3.30. The zero-order chi connectivity index (χ0) is 19.2. The molecule has 0 aromatic heterocycles. The highest BCUT2D eigenvalue weighted by atomic mass is 127. The molecule has 2 amide bonds. The van der Waals surface area contributed by atoms with Crippen molar-refractivity contribution in [2.45, 2.75) is 58.9 Å². The lowest BCUT2D eigenvalue weighted by molar-refractivity contribution is -0.134. The highest BCUT2D eigenvalue weighted by Gasteiger charge is 2.33. The molecule has 1 saturated carbocycles. The number of hydrogen-bond acceptors (Lipinski definition) is 3. The quantitative estimate of drug-likeness (QED) is 0.299. The molecular formula is C19H36IN5O2. The molecule has 1 atom stereocenters. The second-order valence-corrected chi connectivity index (χ2v) is 8.06. The van der Waals surface area contributed by atoms with Crippen molar-refractivity contribution >= 4 is 41.8 Å². The predicted molar refractivity (Wildman–Crippen MR) is 119 cm³/mol. The molecule has 1 saturated heterocycles. The second-order valence-electron chi connectivity index (χ2n) is 8.06. The maximum Gasteiger partial charge on any atom is 0.227 e. The Morgan fingerprint density at radius 2 is 1.81 bits per heavy atom. The van der Waals surface area contributed by atoms with Crippen LogP contribution in [0.4, 0.5) is 0 Å². The Morgan fingerprint density at radius 1 is 1.15 bits per heavy atom. The Labute approximate surface area is 180 Å². The first-order chi connectivity index (χ1) is 12.4. The molecule has 27 heavy (non-hydrogen) atoms. The van der Waals surface area contributed by atoms with Crippen LogP contribution in [0.2, 0.25) is 0 Å². The summed E-state index contributed by atoms with van der Waals surface area (Å²) in [6, 6.07) is 0.208. The first-order valence-electron chi connectivity index (χ1n) is 9.91. The Morgan fingerprint density at radius 3 is 2.41 bits per heavy atom. The fraction of sp³-hybridized carbons (Fsp3) is 0.842. The van der Waals surface area contributed by atoms with E-state index in [1.54, 1.807) is 7.05 Å². The van der Waals surface area contributed by atoms with Gasteiger partial charge in [-0.05, 0) is 40.0 Å². The number of likely N-dealkylation sites (tertiary alicyclic amines) is 1. The van der Waals surface area contributed by atoms with E-state index in [9.17, 15) is 9.59 Å². The van der Waals surface area contributed by atoms with Gasteiger partial charge in [0.25, 0.3) is 0 Å². The van der Waals surface area contributed by atoms with Gasteiger partial charge in [0.05, 0.1) is 5.41 Å². The molecule has 2 fully saturated rings. The van der Waals surface area contributed by atoms with Crippen LogP contribution in [0.1, 0.15) is 52.9 Å². The summed E-state index contributed by atoms with van der Waals surface area (Å²) in [5.74, 6) is 1.27. The molecule has 1 aliphatic carbocycles. The fourth-order valence-electron chi connectivity index (χ4n) is 3.68. The molecule has 0 aromatic carbocycles. The van der Waals surface area contributed by atoms with Gasteiger partial charge in [-0.2, -0.15) is 0 Å². The van der Waals surface area contributed by atoms with Crippen molar-refractivity contribution in [2.75, 3.05) is 33.2 Å². The summed E-state index contributed by atoms with van der Waals surface area (Å²) in [6.45, 7) is 8.41. The smallest absolute Gasteiger partial charge is 0.227 e. The van der Waals surface area contributed by atoms with Crippen molar-refractivity contribution in [3.8, 4) is 0 Å². The number of aliphatic imine (C=N–C) groups is 1. The number of guanidine groups is 1. The number of nitrogens with one attached hydrogen (secondary N) is 3. The molecule has 1 unspecified atom stereocenters. The van der Waals surface area contributed by atoms with E-state index in [2.05, 4.69) is 20.9 Å². The monoisotopic (exact) mass is 493 g/mol. The van der Waals surface area contributed by atoms with Gasteiger partial charge in [0.15, 0.2) is 5.96 Å². The van der Waals surface area contributed by atoms with E-state index < -0.39 is 5.41 Å². The minimum atomic E-state index is -0.520. The number of carbonyl (C=O) groups excluding carboxylic acids is 2. The number of carbonyl (C=O) groups is 2. The van der Waals surface area contributed by atoms with E-state index in [1.807, 2.05) is 25.7 Å². The molecule has 1 aliphatic heterocycles. The summed E-state index contributed by atoms with van der Waals surface area (Å²) >= 11 is 0. The number of hydrogen-bond donors (Lipinski definition) is 3. The molecule has 8 heteroatoms. The summed E-state index contributed by atoms with van der Waals surface area (Å²) in [6.07, 6.45) is 5.39. The largest absolute Gasteiger partial charge is 0.356 e. The lowest BCUT2D eigenvalue weighted by atomic mass is 9.92. The van der Waals surface area contributed by atoms with Crippen LogP contribution in [0.25, 0.3) is 0 Å². The minimum Gasteiger partial charge on any atom is -0.356 e. The summed E-state index contributed by atoms with van der Waals surface area (Å²) in [4.78, 5) is 30.9. The van der Waals surface area contributed by atoms with E-state index in [4.69, 9.17) is 0 Å². The molecule has 1 heterocycles. The number of amides is 2. The topological polar surface area (TPSA) is 85.8 Å². The van der Waals surface area contributed by atoms with Gasteiger partial charge in [0.1, 0.15) is 0 Å². The molecule has 2 aliphatic rings. The second kappa shape index (κ2) is 11.1. The maximum atomic E-state index is 12.5. The molecule has 0 bridgehead atoms. The Kier molecular flexibility index (Phi) is 9.83. The maximum absolute atomic E-state index is 12.5. The van der Waals surface area contributed by atoms with Crippen LogP contribution in [0.3, 0.4) is 0 Å². The van der Waals surface area contributed by atoms with Crippen molar-refractivity contribution in [2.24, 2.45) is 16.3 Å². The first kappa shape index (κ1) is 24.0. The number of halogens is 1. The summed E-state index contributed by atoms with van der Waals surface area (Å²) in [5, 5.41) is 9.51. The van der Waals surface area contributed by atoms with Gasteiger partial charge >= 0.3 is 0 Å². The number of rotatable bonds is 6. The molecule has 7 nitrogen and oxygen atoms in total. The van der Waals surface area contributed by atoms with Crippen LogP contribution in [-0.4, -0.2) is 61.9 Å². The molecule has 156 valence electrons. The van der Waals surface area contributed by atoms with Crippen molar-refractivity contribution in [3.63, 3.8) is 0 Å². The van der Waals surface area contributed by atoms with Gasteiger partial charge in [-0.25, -0.2) is 0 Å². The third kappa shape index (κ3) is 6.80. The Hall–Kier alpha value is -1.06. The van der Waals surface area contributed by atoms with Gasteiger partial charge < -0.3 is 20.9 Å². The zero-order valence-corrected chi connectivity index (χ0v) is 19.5. The van der Waals surface area contributed by atoms with Gasteiger partial charge in [-0.1, -0.05) is 12.8 Å². The van der Waals surface area contributed by atoms with Crippen LogP contribution >= 0.6 is 24.0 Å². The standard InChI is InChI=1S/C19H35N5O2.HI/c1-5-21-17(26)19(2,3)13-22-18(20-4)23-15-10-11-24(12-15)16(25)14-8-6-7-9-14;/h14-15H,5-13H2,1-4H3,(H,21,26)(H2,20,22,23);1H. The van der Waals surface area contributed by atoms with E-state index in [1.165, 1.54) is 12.8 Å². The van der Waals surface area contributed by atoms with Gasteiger partial charge in [0, 0.05) is 45.2 Å². The first-order valence-corrected chi connectivity index (χ1v) is 9.91.